The highest BCUT2D eigenvalue weighted by atomic mass is 19.3. The summed E-state index contributed by atoms with van der Waals surface area (Å²) in [6, 6.07) is 6.90. The SMILES string of the molecule is CC(F)(F)c1ccc(-c2cc(C(=O)O)[nH]n2)cc1. The van der Waals surface area contributed by atoms with Gasteiger partial charge in [-0.1, -0.05) is 24.3 Å². The number of nitrogens with one attached hydrogen (secondary N) is 1. The average Bonchev–Trinajstić information content (AvgIpc) is 2.77. The minimum absolute atomic E-state index is 0.0464. The number of carboxylic acid groups (broad SMARTS) is 1. The van der Waals surface area contributed by atoms with Crippen molar-refractivity contribution in [3.8, 4) is 11.3 Å². The number of aromatic carboxylic acids is 1. The molecular weight excluding hydrogens is 242 g/mol. The number of aromatic nitrogens is 2. The molecule has 0 radical (unpaired) electrons. The molecule has 0 aliphatic carbocycles. The van der Waals surface area contributed by atoms with Gasteiger partial charge in [0.1, 0.15) is 5.69 Å². The number of alkyl halides is 2. The van der Waals surface area contributed by atoms with E-state index in [0.29, 0.717) is 11.3 Å². The Bertz CT molecular complexity index is 571. The molecule has 0 aliphatic heterocycles. The standard InChI is InChI=1S/C12H10F2N2O2/c1-12(13,14)8-4-2-7(3-5-8)9-6-10(11(17)18)16-15-9/h2-6H,1H3,(H,15,16)(H,17,18). The Hall–Kier alpha value is -2.24. The van der Waals surface area contributed by atoms with Gasteiger partial charge in [0.2, 0.25) is 0 Å². The van der Waals surface area contributed by atoms with Gasteiger partial charge >= 0.3 is 5.97 Å². The Morgan fingerprint density at radius 1 is 1.33 bits per heavy atom. The number of halogens is 2. The molecule has 0 amide bonds. The monoisotopic (exact) mass is 252 g/mol. The molecule has 0 saturated heterocycles. The van der Waals surface area contributed by atoms with Crippen LogP contribution in [0, 0.1) is 0 Å². The highest BCUT2D eigenvalue weighted by Crippen LogP contribution is 2.28. The molecule has 0 unspecified atom stereocenters. The zero-order valence-corrected chi connectivity index (χ0v) is 9.45. The van der Waals surface area contributed by atoms with Crippen LogP contribution in [0.4, 0.5) is 8.78 Å². The van der Waals surface area contributed by atoms with Crippen molar-refractivity contribution >= 4 is 5.97 Å². The lowest BCUT2D eigenvalue weighted by Crippen LogP contribution is -2.06. The van der Waals surface area contributed by atoms with E-state index in [9.17, 15) is 13.6 Å². The molecule has 2 N–H and O–H groups in total. The van der Waals surface area contributed by atoms with E-state index in [2.05, 4.69) is 10.2 Å². The Morgan fingerprint density at radius 3 is 2.39 bits per heavy atom. The zero-order valence-electron chi connectivity index (χ0n) is 9.45. The van der Waals surface area contributed by atoms with Crippen LogP contribution < -0.4 is 0 Å². The van der Waals surface area contributed by atoms with Gasteiger partial charge < -0.3 is 5.11 Å². The molecule has 0 atom stereocenters. The third-order valence-electron chi connectivity index (χ3n) is 2.50. The van der Waals surface area contributed by atoms with Crippen molar-refractivity contribution in [2.75, 3.05) is 0 Å². The zero-order chi connectivity index (χ0) is 13.3. The fourth-order valence-corrected chi connectivity index (χ4v) is 1.51. The Labute approximate surface area is 101 Å². The molecule has 1 aromatic carbocycles. The van der Waals surface area contributed by atoms with Gasteiger partial charge in [0.05, 0.1) is 5.69 Å². The maximum atomic E-state index is 13.0. The summed E-state index contributed by atoms with van der Waals surface area (Å²) >= 11 is 0. The second kappa shape index (κ2) is 4.21. The molecule has 0 fully saturated rings. The molecule has 2 aromatic rings. The Morgan fingerprint density at radius 2 is 1.94 bits per heavy atom. The van der Waals surface area contributed by atoms with Crippen molar-refractivity contribution in [3.63, 3.8) is 0 Å². The summed E-state index contributed by atoms with van der Waals surface area (Å²) in [5, 5.41) is 14.9. The quantitative estimate of drug-likeness (QED) is 0.882. The molecule has 2 rings (SSSR count). The molecule has 0 bridgehead atoms. The van der Waals surface area contributed by atoms with Crippen LogP contribution >= 0.6 is 0 Å². The van der Waals surface area contributed by atoms with Crippen molar-refractivity contribution in [1.29, 1.82) is 0 Å². The summed E-state index contributed by atoms with van der Waals surface area (Å²) in [7, 11) is 0. The van der Waals surface area contributed by atoms with Gasteiger partial charge in [-0.05, 0) is 6.07 Å². The van der Waals surface area contributed by atoms with Crippen LogP contribution in [0.2, 0.25) is 0 Å². The number of carbonyl (C=O) groups is 1. The van der Waals surface area contributed by atoms with E-state index in [1.165, 1.54) is 30.3 Å². The highest BCUT2D eigenvalue weighted by Gasteiger charge is 2.23. The van der Waals surface area contributed by atoms with Gasteiger partial charge in [0, 0.05) is 18.1 Å². The number of aromatic amines is 1. The van der Waals surface area contributed by atoms with Crippen LogP contribution in [0.15, 0.2) is 30.3 Å². The number of hydrogen-bond donors (Lipinski definition) is 2. The largest absolute Gasteiger partial charge is 0.477 e. The lowest BCUT2D eigenvalue weighted by atomic mass is 10.1. The third-order valence-corrected chi connectivity index (χ3v) is 2.50. The maximum absolute atomic E-state index is 13.0. The fraction of sp³-hybridized carbons (Fsp3) is 0.167. The van der Waals surface area contributed by atoms with E-state index in [1.807, 2.05) is 0 Å². The van der Waals surface area contributed by atoms with Crippen LogP contribution in [-0.2, 0) is 5.92 Å². The second-order valence-corrected chi connectivity index (χ2v) is 3.94. The van der Waals surface area contributed by atoms with Gasteiger partial charge in [0.15, 0.2) is 0 Å². The molecule has 0 aliphatic rings. The number of carboxylic acids is 1. The average molecular weight is 252 g/mol. The number of benzene rings is 1. The number of H-pyrrole nitrogens is 1. The fourth-order valence-electron chi connectivity index (χ4n) is 1.51. The molecule has 18 heavy (non-hydrogen) atoms. The van der Waals surface area contributed by atoms with Gasteiger partial charge in [-0.15, -0.1) is 0 Å². The smallest absolute Gasteiger partial charge is 0.353 e. The van der Waals surface area contributed by atoms with Gasteiger partial charge in [0.25, 0.3) is 5.92 Å². The molecule has 0 saturated carbocycles. The first-order valence-electron chi connectivity index (χ1n) is 5.15. The lowest BCUT2D eigenvalue weighted by Gasteiger charge is -2.10. The topological polar surface area (TPSA) is 66.0 Å². The van der Waals surface area contributed by atoms with Gasteiger partial charge in [-0.3, -0.25) is 5.10 Å². The number of hydrogen-bond acceptors (Lipinski definition) is 2. The van der Waals surface area contributed by atoms with E-state index in [1.54, 1.807) is 0 Å². The summed E-state index contributed by atoms with van der Waals surface area (Å²) in [4.78, 5) is 10.7. The second-order valence-electron chi connectivity index (χ2n) is 3.94. The van der Waals surface area contributed by atoms with Gasteiger partial charge in [-0.2, -0.15) is 5.10 Å². The number of rotatable bonds is 3. The van der Waals surface area contributed by atoms with E-state index >= 15 is 0 Å². The van der Waals surface area contributed by atoms with Gasteiger partial charge in [-0.25, -0.2) is 13.6 Å². The summed E-state index contributed by atoms with van der Waals surface area (Å²) in [6.07, 6.45) is 0. The third kappa shape index (κ3) is 2.37. The van der Waals surface area contributed by atoms with E-state index < -0.39 is 11.9 Å². The van der Waals surface area contributed by atoms with Crippen molar-refractivity contribution < 1.29 is 18.7 Å². The molecule has 4 nitrogen and oxygen atoms in total. The molecular formula is C12H10F2N2O2. The minimum atomic E-state index is -2.89. The van der Waals surface area contributed by atoms with Crippen LogP contribution in [0.5, 0.6) is 0 Å². The maximum Gasteiger partial charge on any atom is 0.353 e. The summed E-state index contributed by atoms with van der Waals surface area (Å²) in [6.45, 7) is 0.819. The summed E-state index contributed by atoms with van der Waals surface area (Å²) in [5.41, 5.74) is 0.834. The molecule has 1 aromatic heterocycles. The van der Waals surface area contributed by atoms with Crippen molar-refractivity contribution in [2.45, 2.75) is 12.8 Å². The molecule has 6 heteroatoms. The van der Waals surface area contributed by atoms with Crippen LogP contribution in [0.25, 0.3) is 11.3 Å². The van der Waals surface area contributed by atoms with Crippen LogP contribution in [-0.4, -0.2) is 21.3 Å². The highest BCUT2D eigenvalue weighted by molar-refractivity contribution is 5.86. The molecule has 1 heterocycles. The predicted octanol–water partition coefficient (Wildman–Crippen LogP) is 2.89. The first kappa shape index (κ1) is 12.2. The van der Waals surface area contributed by atoms with Crippen molar-refractivity contribution in [1.82, 2.24) is 10.2 Å². The van der Waals surface area contributed by atoms with E-state index in [4.69, 9.17) is 5.11 Å². The first-order chi connectivity index (χ1) is 8.38. The van der Waals surface area contributed by atoms with Crippen molar-refractivity contribution in [3.05, 3.63) is 41.6 Å². The van der Waals surface area contributed by atoms with E-state index in [0.717, 1.165) is 6.92 Å². The van der Waals surface area contributed by atoms with Crippen molar-refractivity contribution in [2.24, 2.45) is 0 Å². The Kier molecular flexibility index (Phi) is 2.86. The normalized spacial score (nSPS) is 11.5. The first-order valence-corrected chi connectivity index (χ1v) is 5.15. The molecule has 0 spiro atoms. The summed E-state index contributed by atoms with van der Waals surface area (Å²) < 4.78 is 26.0. The number of nitrogens with zero attached hydrogens (tertiary/aromatic N) is 1. The summed E-state index contributed by atoms with van der Waals surface area (Å²) in [5.74, 6) is -4.01. The Balaban J connectivity index is 2.31. The predicted molar refractivity (Wildman–Crippen MR) is 60.6 cm³/mol. The molecule has 94 valence electrons. The van der Waals surface area contributed by atoms with Crippen LogP contribution in [0.1, 0.15) is 23.0 Å². The minimum Gasteiger partial charge on any atom is -0.477 e. The lowest BCUT2D eigenvalue weighted by molar-refractivity contribution is 0.0175. The van der Waals surface area contributed by atoms with E-state index in [-0.39, 0.29) is 11.3 Å². The van der Waals surface area contributed by atoms with Crippen LogP contribution in [0.3, 0.4) is 0 Å².